The number of aryl methyl sites for hydroxylation is 1. The van der Waals surface area contributed by atoms with Crippen molar-refractivity contribution < 1.29 is 0 Å². The highest BCUT2D eigenvalue weighted by Crippen LogP contribution is 2.32. The maximum absolute atomic E-state index is 6.03. The highest BCUT2D eigenvalue weighted by Gasteiger charge is 2.22. The van der Waals surface area contributed by atoms with Crippen molar-refractivity contribution in [3.05, 3.63) is 16.7 Å². The summed E-state index contributed by atoms with van der Waals surface area (Å²) in [5, 5.41) is 0.708. The fraction of sp³-hybridized carbons (Fsp3) is 0.667. The average Bonchev–Trinajstić information content (AvgIpc) is 2.29. The molecule has 0 amide bonds. The third-order valence-corrected chi connectivity index (χ3v) is 2.92. The number of rotatable bonds is 0. The van der Waals surface area contributed by atoms with E-state index in [1.54, 1.807) is 0 Å². The molecule has 3 heteroatoms. The number of imidazole rings is 1. The molecule has 0 saturated heterocycles. The lowest BCUT2D eigenvalue weighted by atomic mass is 9.99. The molecule has 0 aromatic carbocycles. The predicted octanol–water partition coefficient (Wildman–Crippen LogP) is 2.74. The summed E-state index contributed by atoms with van der Waals surface area (Å²) >= 11 is 6.03. The van der Waals surface area contributed by atoms with Crippen LogP contribution in [0.25, 0.3) is 0 Å². The summed E-state index contributed by atoms with van der Waals surface area (Å²) in [5.74, 6) is 1.63. The van der Waals surface area contributed by atoms with Crippen molar-refractivity contribution in [3.63, 3.8) is 0 Å². The quantitative estimate of drug-likeness (QED) is 0.606. The fourth-order valence-electron chi connectivity index (χ4n) is 1.99. The zero-order valence-corrected chi connectivity index (χ0v) is 8.23. The molecule has 66 valence electrons. The van der Waals surface area contributed by atoms with Gasteiger partial charge in [-0.15, -0.1) is 0 Å². The Balaban J connectivity index is 2.55. The molecular formula is C9H13ClN2. The number of hydrogen-bond donors (Lipinski definition) is 0. The predicted molar refractivity (Wildman–Crippen MR) is 49.6 cm³/mol. The van der Waals surface area contributed by atoms with Crippen LogP contribution >= 0.6 is 11.6 Å². The number of nitrogens with zero attached hydrogens (tertiary/aromatic N) is 2. The van der Waals surface area contributed by atoms with Crippen LogP contribution in [0.15, 0.2) is 0 Å². The van der Waals surface area contributed by atoms with Gasteiger partial charge in [0.1, 0.15) is 5.82 Å². The van der Waals surface area contributed by atoms with E-state index in [9.17, 15) is 0 Å². The molecule has 0 fully saturated rings. The van der Waals surface area contributed by atoms with Gasteiger partial charge in [0.2, 0.25) is 0 Å². The Hall–Kier alpha value is -0.500. The van der Waals surface area contributed by atoms with Crippen molar-refractivity contribution in [3.8, 4) is 0 Å². The molecule has 0 bridgehead atoms. The molecular weight excluding hydrogens is 172 g/mol. The first-order valence-corrected chi connectivity index (χ1v) is 4.80. The molecule has 1 atom stereocenters. The Labute approximate surface area is 77.6 Å². The van der Waals surface area contributed by atoms with E-state index in [4.69, 9.17) is 11.6 Å². The van der Waals surface area contributed by atoms with Crippen LogP contribution in [0.5, 0.6) is 0 Å². The van der Waals surface area contributed by atoms with E-state index in [0.29, 0.717) is 11.1 Å². The van der Waals surface area contributed by atoms with Gasteiger partial charge in [-0.3, -0.25) is 0 Å². The molecule has 2 nitrogen and oxygen atoms in total. The van der Waals surface area contributed by atoms with Gasteiger partial charge in [0.25, 0.3) is 0 Å². The molecule has 0 N–H and O–H groups in total. The van der Waals surface area contributed by atoms with E-state index < -0.39 is 0 Å². The topological polar surface area (TPSA) is 17.8 Å². The first-order chi connectivity index (χ1) is 5.70. The molecule has 1 aromatic heterocycles. The Morgan fingerprint density at radius 1 is 1.58 bits per heavy atom. The highest BCUT2D eigenvalue weighted by molar-refractivity contribution is 6.30. The summed E-state index contributed by atoms with van der Waals surface area (Å²) in [6, 6.07) is 0. The zero-order valence-electron chi connectivity index (χ0n) is 7.47. The summed E-state index contributed by atoms with van der Waals surface area (Å²) in [6.07, 6.45) is 2.49. The molecule has 2 rings (SSSR count). The van der Waals surface area contributed by atoms with Gasteiger partial charge in [-0.1, -0.05) is 18.5 Å². The monoisotopic (exact) mass is 184 g/mol. The molecule has 0 aliphatic carbocycles. The van der Waals surface area contributed by atoms with Crippen molar-refractivity contribution in [1.82, 2.24) is 9.55 Å². The van der Waals surface area contributed by atoms with Crippen LogP contribution in [-0.4, -0.2) is 9.55 Å². The summed E-state index contributed by atoms with van der Waals surface area (Å²) in [7, 11) is 0. The Morgan fingerprint density at radius 2 is 2.33 bits per heavy atom. The average molecular weight is 185 g/mol. The standard InChI is InChI=1S/C9H13ClN2/c1-6-4-3-5-12-7(2)11-9(10)8(6)12/h6H,3-5H2,1-2H3. The van der Waals surface area contributed by atoms with E-state index in [1.807, 2.05) is 6.92 Å². The minimum absolute atomic E-state index is 0.576. The summed E-state index contributed by atoms with van der Waals surface area (Å²) in [5.41, 5.74) is 1.24. The van der Waals surface area contributed by atoms with Crippen molar-refractivity contribution in [2.45, 2.75) is 39.2 Å². The molecule has 0 radical (unpaired) electrons. The van der Waals surface area contributed by atoms with Gasteiger partial charge in [0.15, 0.2) is 5.15 Å². The number of hydrogen-bond acceptors (Lipinski definition) is 1. The van der Waals surface area contributed by atoms with Crippen LogP contribution in [0, 0.1) is 6.92 Å². The summed E-state index contributed by atoms with van der Waals surface area (Å²) in [4.78, 5) is 4.27. The van der Waals surface area contributed by atoms with Crippen LogP contribution in [0.1, 0.15) is 37.2 Å². The molecule has 12 heavy (non-hydrogen) atoms. The summed E-state index contributed by atoms with van der Waals surface area (Å²) < 4.78 is 2.25. The van der Waals surface area contributed by atoms with E-state index in [0.717, 1.165) is 12.4 Å². The Kier molecular flexibility index (Phi) is 1.87. The van der Waals surface area contributed by atoms with Gasteiger partial charge in [-0.2, -0.15) is 0 Å². The van der Waals surface area contributed by atoms with Crippen LogP contribution in [-0.2, 0) is 6.54 Å². The van der Waals surface area contributed by atoms with Gasteiger partial charge in [-0.25, -0.2) is 4.98 Å². The lowest BCUT2D eigenvalue weighted by molar-refractivity contribution is 0.468. The second kappa shape index (κ2) is 2.77. The van der Waals surface area contributed by atoms with Crippen LogP contribution < -0.4 is 0 Å². The third kappa shape index (κ3) is 1.06. The second-order valence-corrected chi connectivity index (χ2v) is 3.89. The molecule has 1 unspecified atom stereocenters. The van der Waals surface area contributed by atoms with E-state index >= 15 is 0 Å². The summed E-state index contributed by atoms with van der Waals surface area (Å²) in [6.45, 7) is 5.33. The van der Waals surface area contributed by atoms with Crippen LogP contribution in [0.2, 0.25) is 5.15 Å². The first-order valence-electron chi connectivity index (χ1n) is 4.42. The lowest BCUT2D eigenvalue weighted by Crippen LogP contribution is -2.14. The fourth-order valence-corrected chi connectivity index (χ4v) is 2.40. The smallest absolute Gasteiger partial charge is 0.150 e. The van der Waals surface area contributed by atoms with Gasteiger partial charge < -0.3 is 4.57 Å². The van der Waals surface area contributed by atoms with Crippen molar-refractivity contribution >= 4 is 11.6 Å². The number of fused-ring (bicyclic) bond motifs is 1. The third-order valence-electron chi connectivity index (χ3n) is 2.64. The van der Waals surface area contributed by atoms with Gasteiger partial charge in [0, 0.05) is 6.54 Å². The number of halogens is 1. The maximum atomic E-state index is 6.03. The molecule has 0 saturated carbocycles. The molecule has 1 aliphatic rings. The van der Waals surface area contributed by atoms with E-state index in [1.165, 1.54) is 18.5 Å². The van der Waals surface area contributed by atoms with E-state index in [2.05, 4.69) is 16.5 Å². The van der Waals surface area contributed by atoms with Gasteiger partial charge >= 0.3 is 0 Å². The van der Waals surface area contributed by atoms with Crippen molar-refractivity contribution in [1.29, 1.82) is 0 Å². The normalized spacial score (nSPS) is 22.4. The van der Waals surface area contributed by atoms with E-state index in [-0.39, 0.29) is 0 Å². The van der Waals surface area contributed by atoms with Crippen molar-refractivity contribution in [2.24, 2.45) is 0 Å². The largest absolute Gasteiger partial charge is 0.331 e. The second-order valence-electron chi connectivity index (χ2n) is 3.53. The van der Waals surface area contributed by atoms with Gasteiger partial charge in [0.05, 0.1) is 5.69 Å². The number of aromatic nitrogens is 2. The Bertz CT molecular complexity index is 304. The SMILES string of the molecule is Cc1nc(Cl)c2n1CCCC2C. The maximum Gasteiger partial charge on any atom is 0.150 e. The molecule has 2 heterocycles. The highest BCUT2D eigenvalue weighted by atomic mass is 35.5. The first kappa shape index (κ1) is 8.11. The minimum Gasteiger partial charge on any atom is -0.331 e. The van der Waals surface area contributed by atoms with Gasteiger partial charge in [-0.05, 0) is 25.7 Å². The lowest BCUT2D eigenvalue weighted by Gasteiger charge is -2.21. The zero-order chi connectivity index (χ0) is 8.72. The molecule has 1 aromatic rings. The van der Waals surface area contributed by atoms with Crippen LogP contribution in [0.4, 0.5) is 0 Å². The molecule has 0 spiro atoms. The van der Waals surface area contributed by atoms with Crippen molar-refractivity contribution in [2.75, 3.05) is 0 Å². The van der Waals surface area contributed by atoms with Crippen LogP contribution in [0.3, 0.4) is 0 Å². The minimum atomic E-state index is 0.576. The Morgan fingerprint density at radius 3 is 3.00 bits per heavy atom. The molecule has 1 aliphatic heterocycles.